The predicted octanol–water partition coefficient (Wildman–Crippen LogP) is 9.43. The molecule has 0 amide bonds. The van der Waals surface area contributed by atoms with E-state index in [4.69, 9.17) is 0 Å². The number of rotatable bonds is 4. The van der Waals surface area contributed by atoms with Crippen molar-refractivity contribution in [1.82, 2.24) is 0 Å². The van der Waals surface area contributed by atoms with Gasteiger partial charge in [-0.15, -0.1) is 11.3 Å². The first-order valence-corrected chi connectivity index (χ1v) is 16.8. The summed E-state index contributed by atoms with van der Waals surface area (Å²) in [6.45, 7) is 21.6. The maximum atomic E-state index is 12.9. The minimum atomic E-state index is -0.845. The molecule has 4 saturated carbocycles. The van der Waals surface area contributed by atoms with E-state index in [2.05, 4.69) is 61.1 Å². The van der Waals surface area contributed by atoms with E-state index in [1.165, 1.54) is 35.3 Å². The van der Waals surface area contributed by atoms with Crippen molar-refractivity contribution in [2.24, 2.45) is 62.6 Å². The fraction of sp³-hybridized carbons (Fsp3) is 0.722. The molecule has 5 aliphatic carbocycles. The van der Waals surface area contributed by atoms with Crippen molar-refractivity contribution in [2.45, 2.75) is 99.8 Å². The first-order chi connectivity index (χ1) is 19.0. The molecule has 1 heterocycles. The molecule has 4 fully saturated rings. The quantitative estimate of drug-likeness (QED) is 0.349. The van der Waals surface area contributed by atoms with Crippen molar-refractivity contribution in [3.05, 3.63) is 40.1 Å². The van der Waals surface area contributed by atoms with Gasteiger partial charge >= 0.3 is 11.9 Å². The van der Waals surface area contributed by atoms with Gasteiger partial charge in [-0.1, -0.05) is 59.8 Å². The summed E-state index contributed by atoms with van der Waals surface area (Å²) in [6.07, 6.45) is 10.6. The molecular weight excluding hydrogens is 528 g/mol. The Bertz CT molecular complexity index is 1340. The highest BCUT2D eigenvalue weighted by Crippen LogP contribution is 2.78. The highest BCUT2D eigenvalue weighted by Gasteiger charge is 2.72. The molecule has 6 rings (SSSR count). The number of carboxylic acid groups (broad SMARTS) is 2. The van der Waals surface area contributed by atoms with Crippen LogP contribution in [0.3, 0.4) is 0 Å². The Balaban J connectivity index is 1.41. The Kier molecular flexibility index (Phi) is 6.46. The third kappa shape index (κ3) is 3.63. The molecule has 0 bridgehead atoms. The van der Waals surface area contributed by atoms with Crippen LogP contribution in [-0.2, 0) is 4.79 Å². The van der Waals surface area contributed by atoms with Gasteiger partial charge in [0.25, 0.3) is 0 Å². The van der Waals surface area contributed by atoms with Gasteiger partial charge in [0, 0.05) is 4.88 Å². The standard InChI is InChI=1S/C36H50O4S/c1-20(2)22-13-16-36(31(39)40)18-17-34(7)24(28(22)36)9-12-27-33(6)15-14-23(25-10-11-26(41-25)30(37)38)32(4,5)29(33)21(3)19-35(27,34)8/h10-11,14,21-22,24,27-29H,1,9,12-13,15-19H2,2-8H3,(H,37,38)(H,39,40)/t21?,22-,24?,27+,28?,29?,33+,34+,35+,36-/m0/s1. The number of aromatic carboxylic acids is 1. The molecule has 0 aromatic carbocycles. The van der Waals surface area contributed by atoms with Crippen LogP contribution in [0.5, 0.6) is 0 Å². The molecule has 4 unspecified atom stereocenters. The van der Waals surface area contributed by atoms with Crippen molar-refractivity contribution < 1.29 is 19.8 Å². The Morgan fingerprint density at radius 3 is 2.29 bits per heavy atom. The predicted molar refractivity (Wildman–Crippen MR) is 166 cm³/mol. The molecule has 41 heavy (non-hydrogen) atoms. The lowest BCUT2D eigenvalue weighted by molar-refractivity contribution is -0.239. The van der Waals surface area contributed by atoms with Gasteiger partial charge < -0.3 is 10.2 Å². The Labute approximate surface area is 250 Å². The normalized spacial score (nSPS) is 46.4. The van der Waals surface area contributed by atoms with Gasteiger partial charge in [-0.05, 0) is 133 Å². The average Bonchev–Trinajstić information content (AvgIpc) is 3.50. The van der Waals surface area contributed by atoms with Crippen LogP contribution in [-0.4, -0.2) is 22.2 Å². The van der Waals surface area contributed by atoms with Crippen LogP contribution in [0.15, 0.2) is 30.4 Å². The van der Waals surface area contributed by atoms with Gasteiger partial charge in [-0.25, -0.2) is 4.79 Å². The van der Waals surface area contributed by atoms with Gasteiger partial charge in [0.1, 0.15) is 4.88 Å². The maximum absolute atomic E-state index is 12.9. The molecule has 4 nitrogen and oxygen atoms in total. The lowest BCUT2D eigenvalue weighted by atomic mass is 9.31. The molecule has 1 aromatic heterocycles. The molecule has 0 aliphatic heterocycles. The topological polar surface area (TPSA) is 74.6 Å². The molecule has 1 aromatic rings. The molecule has 224 valence electrons. The van der Waals surface area contributed by atoms with Crippen molar-refractivity contribution in [3.8, 4) is 0 Å². The number of hydrogen-bond acceptors (Lipinski definition) is 3. The first-order valence-electron chi connectivity index (χ1n) is 16.0. The third-order valence-electron chi connectivity index (χ3n) is 14.3. The summed E-state index contributed by atoms with van der Waals surface area (Å²) in [5, 5.41) is 20.2. The fourth-order valence-electron chi connectivity index (χ4n) is 13.0. The van der Waals surface area contributed by atoms with Gasteiger partial charge in [0.05, 0.1) is 5.41 Å². The van der Waals surface area contributed by atoms with Gasteiger partial charge in [-0.2, -0.15) is 0 Å². The summed E-state index contributed by atoms with van der Waals surface area (Å²) >= 11 is 1.42. The number of carbonyl (C=O) groups is 2. The van der Waals surface area contributed by atoms with E-state index in [9.17, 15) is 19.8 Å². The van der Waals surface area contributed by atoms with Crippen LogP contribution in [0.1, 0.15) is 114 Å². The number of carboxylic acids is 2. The monoisotopic (exact) mass is 578 g/mol. The van der Waals surface area contributed by atoms with Crippen LogP contribution < -0.4 is 0 Å². The third-order valence-corrected chi connectivity index (χ3v) is 15.4. The number of hydrogen-bond donors (Lipinski definition) is 2. The zero-order valence-corrected chi connectivity index (χ0v) is 27.0. The summed E-state index contributed by atoms with van der Waals surface area (Å²) in [6, 6.07) is 3.78. The van der Waals surface area contributed by atoms with E-state index in [0.717, 1.165) is 43.4 Å². The van der Waals surface area contributed by atoms with Crippen LogP contribution in [0.2, 0.25) is 0 Å². The van der Waals surface area contributed by atoms with E-state index in [0.29, 0.717) is 34.5 Å². The second-order valence-corrected chi connectivity index (χ2v) is 17.3. The molecular formula is C36H50O4S. The fourth-order valence-corrected chi connectivity index (χ4v) is 14.1. The van der Waals surface area contributed by atoms with Crippen molar-refractivity contribution in [1.29, 1.82) is 0 Å². The molecule has 10 atom stereocenters. The van der Waals surface area contributed by atoms with Gasteiger partial charge in [-0.3, -0.25) is 4.79 Å². The second-order valence-electron chi connectivity index (χ2n) is 16.2. The molecule has 0 spiro atoms. The number of aliphatic carboxylic acids is 1. The number of fused-ring (bicyclic) bond motifs is 7. The van der Waals surface area contributed by atoms with E-state index in [1.54, 1.807) is 6.07 Å². The lowest BCUT2D eigenvalue weighted by Crippen LogP contribution is -2.67. The molecule has 5 heteroatoms. The Hall–Kier alpha value is -1.88. The van der Waals surface area contributed by atoms with E-state index >= 15 is 0 Å². The number of thiophene rings is 1. The summed E-state index contributed by atoms with van der Waals surface area (Å²) in [5.74, 6) is 1.13. The van der Waals surface area contributed by atoms with E-state index in [1.807, 2.05) is 6.07 Å². The van der Waals surface area contributed by atoms with E-state index < -0.39 is 17.4 Å². The zero-order chi connectivity index (χ0) is 29.9. The van der Waals surface area contributed by atoms with Gasteiger partial charge in [0.2, 0.25) is 0 Å². The summed E-state index contributed by atoms with van der Waals surface area (Å²) < 4.78 is 0. The molecule has 5 aliphatic rings. The molecule has 2 N–H and O–H groups in total. The number of allylic oxidation sites excluding steroid dienone is 3. The van der Waals surface area contributed by atoms with Crippen molar-refractivity contribution in [3.63, 3.8) is 0 Å². The van der Waals surface area contributed by atoms with Crippen molar-refractivity contribution >= 4 is 28.8 Å². The van der Waals surface area contributed by atoms with E-state index in [-0.39, 0.29) is 27.6 Å². The van der Waals surface area contributed by atoms with Crippen LogP contribution >= 0.6 is 11.3 Å². The highest BCUT2D eigenvalue weighted by molar-refractivity contribution is 7.15. The van der Waals surface area contributed by atoms with Crippen LogP contribution in [0.4, 0.5) is 0 Å². The molecule has 0 radical (unpaired) electrons. The van der Waals surface area contributed by atoms with Gasteiger partial charge in [0.15, 0.2) is 0 Å². The average molecular weight is 579 g/mol. The summed E-state index contributed by atoms with van der Waals surface area (Å²) in [5.41, 5.74) is 2.27. The largest absolute Gasteiger partial charge is 0.481 e. The van der Waals surface area contributed by atoms with Crippen molar-refractivity contribution in [2.75, 3.05) is 0 Å². The molecule has 0 saturated heterocycles. The lowest BCUT2D eigenvalue weighted by Gasteiger charge is -2.73. The summed E-state index contributed by atoms with van der Waals surface area (Å²) in [7, 11) is 0. The second kappa shape index (κ2) is 9.07. The van der Waals surface area contributed by atoms with Crippen LogP contribution in [0, 0.1) is 62.6 Å². The van der Waals surface area contributed by atoms with Crippen LogP contribution in [0.25, 0.3) is 5.57 Å². The maximum Gasteiger partial charge on any atom is 0.345 e. The smallest absolute Gasteiger partial charge is 0.345 e. The first kappa shape index (κ1) is 29.2. The highest BCUT2D eigenvalue weighted by atomic mass is 32.1. The summed E-state index contributed by atoms with van der Waals surface area (Å²) in [4.78, 5) is 26.1. The Morgan fingerprint density at radius 1 is 0.976 bits per heavy atom. The Morgan fingerprint density at radius 2 is 1.68 bits per heavy atom. The zero-order valence-electron chi connectivity index (χ0n) is 26.2. The minimum Gasteiger partial charge on any atom is -0.481 e. The SMILES string of the molecule is C=C(C)[C@@H]1CC[C@]2(C(=O)O)CC[C@]3(C)C(CC[C@@H]4[C@@]5(C)CC=C(c6ccc(C(=O)O)s6)C(C)(C)C5C(C)C[C@]43C)C12. The minimum absolute atomic E-state index is 0.0619.